The molecule has 4 nitrogen and oxygen atoms in total. The maximum atomic E-state index is 11.7. The quantitative estimate of drug-likeness (QED) is 0.615. The first kappa shape index (κ1) is 18.1. The number of halogens is 1. The summed E-state index contributed by atoms with van der Waals surface area (Å²) in [6, 6.07) is 5.45. The summed E-state index contributed by atoms with van der Waals surface area (Å²) in [5.74, 6) is 1.81. The van der Waals surface area contributed by atoms with Gasteiger partial charge in [0.05, 0.1) is 24.0 Å². The number of sulfone groups is 1. The summed E-state index contributed by atoms with van der Waals surface area (Å²) in [6.45, 7) is 4.63. The number of ether oxygens (including phenoxy) is 2. The Kier molecular flexibility index (Phi) is 7.89. The maximum absolute atomic E-state index is 11.7. The van der Waals surface area contributed by atoms with Crippen LogP contribution in [0.3, 0.4) is 0 Å². The Morgan fingerprint density at radius 1 is 1.05 bits per heavy atom. The van der Waals surface area contributed by atoms with Gasteiger partial charge in [-0.2, -0.15) is 0 Å². The minimum absolute atomic E-state index is 0.0165. The molecule has 1 rings (SSSR count). The van der Waals surface area contributed by atoms with E-state index in [4.69, 9.17) is 21.1 Å². The highest BCUT2D eigenvalue weighted by molar-refractivity contribution is 7.91. The van der Waals surface area contributed by atoms with Crippen LogP contribution in [-0.2, 0) is 15.7 Å². The van der Waals surface area contributed by atoms with Crippen LogP contribution in [0.1, 0.15) is 32.3 Å². The minimum Gasteiger partial charge on any atom is -0.493 e. The van der Waals surface area contributed by atoms with Crippen LogP contribution in [0.5, 0.6) is 11.5 Å². The zero-order valence-electron chi connectivity index (χ0n) is 12.6. The lowest BCUT2D eigenvalue weighted by molar-refractivity contribution is 0.308. The predicted molar refractivity (Wildman–Crippen MR) is 86.2 cm³/mol. The third-order valence-corrected chi connectivity index (χ3v) is 4.93. The molecule has 1 aromatic rings. The topological polar surface area (TPSA) is 52.6 Å². The number of hydrogen-bond acceptors (Lipinski definition) is 4. The first-order valence-electron chi connectivity index (χ1n) is 7.17. The molecule has 0 saturated carbocycles. The molecule has 0 atom stereocenters. The molecule has 0 saturated heterocycles. The molecule has 0 N–H and O–H groups in total. The van der Waals surface area contributed by atoms with E-state index < -0.39 is 9.84 Å². The van der Waals surface area contributed by atoms with Crippen LogP contribution in [0.2, 0.25) is 0 Å². The van der Waals surface area contributed by atoms with E-state index >= 15 is 0 Å². The van der Waals surface area contributed by atoms with E-state index in [0.29, 0.717) is 30.4 Å². The van der Waals surface area contributed by atoms with E-state index in [-0.39, 0.29) is 18.1 Å². The summed E-state index contributed by atoms with van der Waals surface area (Å²) >= 11 is 5.87. The van der Waals surface area contributed by atoms with Crippen molar-refractivity contribution in [3.05, 3.63) is 23.8 Å². The summed E-state index contributed by atoms with van der Waals surface area (Å²) in [5.41, 5.74) is 0.827. The highest BCUT2D eigenvalue weighted by Gasteiger charge is 2.11. The van der Waals surface area contributed by atoms with Gasteiger partial charge in [-0.1, -0.05) is 19.9 Å². The molecule has 0 bridgehead atoms. The highest BCUT2D eigenvalue weighted by atomic mass is 35.5. The smallest absolute Gasteiger partial charge is 0.153 e. The lowest BCUT2D eigenvalue weighted by Gasteiger charge is -2.12. The van der Waals surface area contributed by atoms with Crippen molar-refractivity contribution in [2.24, 2.45) is 0 Å². The van der Waals surface area contributed by atoms with E-state index in [9.17, 15) is 8.42 Å². The SMILES string of the molecule is CCCOc1ccc(CCl)c(OCCS(=O)(=O)CCC)c1. The van der Waals surface area contributed by atoms with Crippen molar-refractivity contribution < 1.29 is 17.9 Å². The van der Waals surface area contributed by atoms with E-state index in [1.54, 1.807) is 6.07 Å². The number of rotatable bonds is 10. The van der Waals surface area contributed by atoms with Crippen molar-refractivity contribution >= 4 is 21.4 Å². The van der Waals surface area contributed by atoms with Crippen LogP contribution in [-0.4, -0.2) is 33.1 Å². The standard InChI is InChI=1S/C15H23ClO4S/c1-3-7-19-14-6-5-13(12-16)15(11-14)20-8-10-21(17,18)9-4-2/h5-6,11H,3-4,7-10,12H2,1-2H3. The third-order valence-electron chi connectivity index (χ3n) is 2.82. The molecular formula is C15H23ClO4S. The van der Waals surface area contributed by atoms with Gasteiger partial charge in [0.1, 0.15) is 18.1 Å². The molecule has 0 spiro atoms. The van der Waals surface area contributed by atoms with Gasteiger partial charge in [-0.15, -0.1) is 11.6 Å². The van der Waals surface area contributed by atoms with E-state index in [1.807, 2.05) is 26.0 Å². The number of hydrogen-bond donors (Lipinski definition) is 0. The van der Waals surface area contributed by atoms with Crippen molar-refractivity contribution in [2.75, 3.05) is 24.7 Å². The van der Waals surface area contributed by atoms with Crippen LogP contribution >= 0.6 is 11.6 Å². The van der Waals surface area contributed by atoms with Crippen molar-refractivity contribution in [2.45, 2.75) is 32.6 Å². The Morgan fingerprint density at radius 3 is 2.43 bits per heavy atom. The Bertz CT molecular complexity index is 528. The second-order valence-electron chi connectivity index (χ2n) is 4.75. The Balaban J connectivity index is 2.67. The normalized spacial score (nSPS) is 11.4. The van der Waals surface area contributed by atoms with Gasteiger partial charge < -0.3 is 9.47 Å². The first-order chi connectivity index (χ1) is 10.0. The first-order valence-corrected chi connectivity index (χ1v) is 9.53. The van der Waals surface area contributed by atoms with Gasteiger partial charge in [0.2, 0.25) is 0 Å². The number of benzene rings is 1. The summed E-state index contributed by atoms with van der Waals surface area (Å²) in [5, 5.41) is 0. The largest absolute Gasteiger partial charge is 0.493 e. The lowest BCUT2D eigenvalue weighted by atomic mass is 10.2. The summed E-state index contributed by atoms with van der Waals surface area (Å²) in [7, 11) is -3.03. The van der Waals surface area contributed by atoms with Crippen LogP contribution in [0.25, 0.3) is 0 Å². The summed E-state index contributed by atoms with van der Waals surface area (Å²) in [4.78, 5) is 0. The zero-order chi connectivity index (χ0) is 15.7. The molecule has 0 unspecified atom stereocenters. The van der Waals surface area contributed by atoms with Crippen LogP contribution in [0.4, 0.5) is 0 Å². The molecule has 120 valence electrons. The van der Waals surface area contributed by atoms with Crippen molar-refractivity contribution in [1.82, 2.24) is 0 Å². The van der Waals surface area contributed by atoms with Gasteiger partial charge in [-0.25, -0.2) is 8.42 Å². The van der Waals surface area contributed by atoms with Crippen LogP contribution in [0.15, 0.2) is 18.2 Å². The third kappa shape index (κ3) is 6.57. The van der Waals surface area contributed by atoms with Gasteiger partial charge in [0.15, 0.2) is 9.84 Å². The van der Waals surface area contributed by atoms with Crippen molar-refractivity contribution in [1.29, 1.82) is 0 Å². The molecule has 0 heterocycles. The zero-order valence-corrected chi connectivity index (χ0v) is 14.2. The van der Waals surface area contributed by atoms with Gasteiger partial charge in [0.25, 0.3) is 0 Å². The molecule has 6 heteroatoms. The molecule has 21 heavy (non-hydrogen) atoms. The fraction of sp³-hybridized carbons (Fsp3) is 0.600. The molecule has 0 aliphatic carbocycles. The lowest BCUT2D eigenvalue weighted by Crippen LogP contribution is -2.17. The molecule has 0 radical (unpaired) electrons. The minimum atomic E-state index is -3.03. The fourth-order valence-electron chi connectivity index (χ4n) is 1.78. The average Bonchev–Trinajstić information content (AvgIpc) is 2.45. The molecule has 0 aliphatic heterocycles. The molecule has 1 aromatic carbocycles. The summed E-state index contributed by atoms with van der Waals surface area (Å²) in [6.07, 6.45) is 1.54. The van der Waals surface area contributed by atoms with Crippen molar-refractivity contribution in [3.63, 3.8) is 0 Å². The van der Waals surface area contributed by atoms with Gasteiger partial charge in [0, 0.05) is 11.6 Å². The molecule has 0 amide bonds. The van der Waals surface area contributed by atoms with Crippen LogP contribution < -0.4 is 9.47 Å². The summed E-state index contributed by atoms with van der Waals surface area (Å²) < 4.78 is 34.4. The van der Waals surface area contributed by atoms with E-state index in [0.717, 1.165) is 12.0 Å². The second-order valence-corrected chi connectivity index (χ2v) is 7.32. The van der Waals surface area contributed by atoms with Gasteiger partial charge in [-0.3, -0.25) is 0 Å². The van der Waals surface area contributed by atoms with Crippen LogP contribution in [0, 0.1) is 0 Å². The van der Waals surface area contributed by atoms with E-state index in [1.165, 1.54) is 0 Å². The van der Waals surface area contributed by atoms with Gasteiger partial charge >= 0.3 is 0 Å². The molecular weight excluding hydrogens is 312 g/mol. The molecule has 0 aliphatic rings. The second kappa shape index (κ2) is 9.15. The Hall–Kier alpha value is -0.940. The monoisotopic (exact) mass is 334 g/mol. The molecule has 0 aromatic heterocycles. The van der Waals surface area contributed by atoms with E-state index in [2.05, 4.69) is 0 Å². The molecule has 0 fully saturated rings. The van der Waals surface area contributed by atoms with Gasteiger partial charge in [-0.05, 0) is 18.9 Å². The van der Waals surface area contributed by atoms with Crippen molar-refractivity contribution in [3.8, 4) is 11.5 Å². The highest BCUT2D eigenvalue weighted by Crippen LogP contribution is 2.26. The Labute approximate surface area is 132 Å². The number of alkyl halides is 1. The Morgan fingerprint density at radius 2 is 1.81 bits per heavy atom. The predicted octanol–water partition coefficient (Wildman–Crippen LogP) is 3.42. The maximum Gasteiger partial charge on any atom is 0.153 e. The fourth-order valence-corrected chi connectivity index (χ4v) is 3.17. The average molecular weight is 335 g/mol.